The molecule has 0 radical (unpaired) electrons. The van der Waals surface area contributed by atoms with E-state index in [-0.39, 0.29) is 11.4 Å². The van der Waals surface area contributed by atoms with Gasteiger partial charge in [-0.1, -0.05) is 0 Å². The third kappa shape index (κ3) is 3.07. The first kappa shape index (κ1) is 13.0. The molecule has 0 spiro atoms. The first-order valence-electron chi connectivity index (χ1n) is 6.42. The lowest BCUT2D eigenvalue weighted by atomic mass is 10.0. The maximum Gasteiger partial charge on any atom is 0.219 e. The first-order chi connectivity index (χ1) is 8.48. The average molecular weight is 251 g/mol. The molecule has 6 heteroatoms. The van der Waals surface area contributed by atoms with Gasteiger partial charge in [0.05, 0.1) is 6.54 Å². The van der Waals surface area contributed by atoms with Crippen molar-refractivity contribution in [2.24, 2.45) is 5.73 Å². The fourth-order valence-electron chi connectivity index (χ4n) is 2.32. The van der Waals surface area contributed by atoms with Gasteiger partial charge in [0.15, 0.2) is 0 Å². The van der Waals surface area contributed by atoms with Crippen molar-refractivity contribution in [3.05, 3.63) is 11.6 Å². The molecule has 2 heterocycles. The van der Waals surface area contributed by atoms with Gasteiger partial charge < -0.3 is 15.6 Å². The van der Waals surface area contributed by atoms with E-state index in [0.29, 0.717) is 13.0 Å². The Kier molecular flexibility index (Phi) is 3.65. The lowest BCUT2D eigenvalue weighted by Gasteiger charge is -2.25. The second-order valence-electron chi connectivity index (χ2n) is 5.52. The van der Waals surface area contributed by atoms with Crippen LogP contribution in [0.25, 0.3) is 0 Å². The van der Waals surface area contributed by atoms with Crippen molar-refractivity contribution in [1.82, 2.24) is 20.1 Å². The molecule has 1 aromatic rings. The van der Waals surface area contributed by atoms with Crippen LogP contribution in [0.4, 0.5) is 0 Å². The Labute approximate surface area is 107 Å². The minimum Gasteiger partial charge on any atom is -0.370 e. The van der Waals surface area contributed by atoms with Gasteiger partial charge in [-0.05, 0) is 26.7 Å². The number of carbonyl (C=O) groups excluding carboxylic acids is 1. The summed E-state index contributed by atoms with van der Waals surface area (Å²) in [6, 6.07) is 0. The molecule has 0 fully saturated rings. The number of carbonyl (C=O) groups is 1. The molecule has 6 nitrogen and oxygen atoms in total. The minimum absolute atomic E-state index is 0.296. The molecule has 2 rings (SSSR count). The summed E-state index contributed by atoms with van der Waals surface area (Å²) in [7, 11) is 0. The molecule has 100 valence electrons. The van der Waals surface area contributed by atoms with Crippen LogP contribution in [0.2, 0.25) is 0 Å². The summed E-state index contributed by atoms with van der Waals surface area (Å²) in [6.07, 6.45) is 3.70. The molecule has 0 aliphatic carbocycles. The van der Waals surface area contributed by atoms with E-state index in [1.807, 2.05) is 13.8 Å². The van der Waals surface area contributed by atoms with E-state index >= 15 is 0 Å². The number of aryl methyl sites for hydroxylation is 1. The maximum absolute atomic E-state index is 11.0. The number of aromatic nitrogens is 3. The summed E-state index contributed by atoms with van der Waals surface area (Å²) >= 11 is 0. The van der Waals surface area contributed by atoms with Gasteiger partial charge in [0.1, 0.15) is 11.6 Å². The lowest BCUT2D eigenvalue weighted by Crippen LogP contribution is -2.42. The van der Waals surface area contributed by atoms with E-state index in [4.69, 9.17) is 5.73 Å². The molecule has 1 amide bonds. The van der Waals surface area contributed by atoms with Crippen LogP contribution in [-0.2, 0) is 24.3 Å². The van der Waals surface area contributed by atoms with E-state index in [1.54, 1.807) is 0 Å². The fourth-order valence-corrected chi connectivity index (χ4v) is 2.32. The molecular formula is C12H21N5O. The minimum atomic E-state index is -0.313. The number of nitrogens with two attached hydrogens (primary N) is 1. The van der Waals surface area contributed by atoms with Crippen LogP contribution in [0, 0.1) is 0 Å². The first-order valence-corrected chi connectivity index (χ1v) is 6.42. The van der Waals surface area contributed by atoms with Gasteiger partial charge in [0.25, 0.3) is 0 Å². The van der Waals surface area contributed by atoms with E-state index in [1.165, 1.54) is 12.8 Å². The predicted molar refractivity (Wildman–Crippen MR) is 67.7 cm³/mol. The average Bonchev–Trinajstić information content (AvgIpc) is 2.68. The smallest absolute Gasteiger partial charge is 0.219 e. The summed E-state index contributed by atoms with van der Waals surface area (Å²) in [4.78, 5) is 11.0. The van der Waals surface area contributed by atoms with Gasteiger partial charge in [-0.25, -0.2) is 0 Å². The van der Waals surface area contributed by atoms with Crippen molar-refractivity contribution in [2.75, 3.05) is 0 Å². The van der Waals surface area contributed by atoms with Gasteiger partial charge >= 0.3 is 0 Å². The molecule has 0 aromatic carbocycles. The van der Waals surface area contributed by atoms with Crippen molar-refractivity contribution in [1.29, 1.82) is 0 Å². The normalized spacial score (nSPS) is 15.4. The summed E-state index contributed by atoms with van der Waals surface area (Å²) in [5.74, 6) is 1.73. The Morgan fingerprint density at radius 2 is 2.22 bits per heavy atom. The van der Waals surface area contributed by atoms with Crippen LogP contribution >= 0.6 is 0 Å². The number of primary amides is 1. The zero-order valence-electron chi connectivity index (χ0n) is 11.1. The van der Waals surface area contributed by atoms with Crippen LogP contribution < -0.4 is 11.1 Å². The fraction of sp³-hybridized carbons (Fsp3) is 0.750. The number of fused-ring (bicyclic) bond motifs is 1. The SMILES string of the molecule is CC(C)(CC(N)=O)NCc1nnc2n1CCCC2. The second-order valence-corrected chi connectivity index (χ2v) is 5.52. The zero-order valence-corrected chi connectivity index (χ0v) is 11.1. The third-order valence-corrected chi connectivity index (χ3v) is 3.28. The number of amides is 1. The number of hydrogen-bond donors (Lipinski definition) is 2. The van der Waals surface area contributed by atoms with E-state index < -0.39 is 0 Å². The molecule has 0 bridgehead atoms. The monoisotopic (exact) mass is 251 g/mol. The molecule has 3 N–H and O–H groups in total. The van der Waals surface area contributed by atoms with Crippen molar-refractivity contribution in [3.63, 3.8) is 0 Å². The number of nitrogens with one attached hydrogen (secondary N) is 1. The highest BCUT2D eigenvalue weighted by Crippen LogP contribution is 2.15. The molecular weight excluding hydrogens is 230 g/mol. The van der Waals surface area contributed by atoms with Gasteiger partial charge in [-0.2, -0.15) is 0 Å². The van der Waals surface area contributed by atoms with Crippen molar-refractivity contribution >= 4 is 5.91 Å². The Morgan fingerprint density at radius 1 is 1.44 bits per heavy atom. The number of nitrogens with zero attached hydrogens (tertiary/aromatic N) is 3. The number of hydrogen-bond acceptors (Lipinski definition) is 4. The maximum atomic E-state index is 11.0. The summed E-state index contributed by atoms with van der Waals surface area (Å²) in [6.45, 7) is 5.54. The Balaban J connectivity index is 1.98. The van der Waals surface area contributed by atoms with E-state index in [0.717, 1.165) is 24.6 Å². The zero-order chi connectivity index (χ0) is 13.2. The second kappa shape index (κ2) is 5.06. The topological polar surface area (TPSA) is 85.8 Å². The Bertz CT molecular complexity index is 438. The number of rotatable bonds is 5. The summed E-state index contributed by atoms with van der Waals surface area (Å²) in [5, 5.41) is 11.7. The quantitative estimate of drug-likeness (QED) is 0.791. The highest BCUT2D eigenvalue weighted by atomic mass is 16.1. The van der Waals surface area contributed by atoms with Crippen LogP contribution in [0.5, 0.6) is 0 Å². The highest BCUT2D eigenvalue weighted by molar-refractivity contribution is 5.74. The van der Waals surface area contributed by atoms with Crippen LogP contribution in [0.3, 0.4) is 0 Å². The van der Waals surface area contributed by atoms with Crippen molar-refractivity contribution < 1.29 is 4.79 Å². The molecule has 0 saturated carbocycles. The van der Waals surface area contributed by atoms with Crippen LogP contribution in [0.1, 0.15) is 44.8 Å². The summed E-state index contributed by atoms with van der Waals surface area (Å²) in [5.41, 5.74) is 4.91. The highest BCUT2D eigenvalue weighted by Gasteiger charge is 2.22. The molecule has 1 aromatic heterocycles. The molecule has 0 atom stereocenters. The van der Waals surface area contributed by atoms with Gasteiger partial charge in [-0.3, -0.25) is 4.79 Å². The standard InChI is InChI=1S/C12H21N5O/c1-12(2,7-9(13)18)14-8-11-16-15-10-5-3-4-6-17(10)11/h14H,3-8H2,1-2H3,(H2,13,18). The van der Waals surface area contributed by atoms with Gasteiger partial charge in [0, 0.05) is 24.9 Å². The summed E-state index contributed by atoms with van der Waals surface area (Å²) < 4.78 is 2.18. The Morgan fingerprint density at radius 3 is 2.94 bits per heavy atom. The van der Waals surface area contributed by atoms with Crippen LogP contribution in [-0.4, -0.2) is 26.2 Å². The van der Waals surface area contributed by atoms with Crippen molar-refractivity contribution in [2.45, 2.75) is 58.2 Å². The van der Waals surface area contributed by atoms with Gasteiger partial charge in [0.2, 0.25) is 5.91 Å². The predicted octanol–water partition coefficient (Wildman–Crippen LogP) is 0.358. The molecule has 0 unspecified atom stereocenters. The molecule has 18 heavy (non-hydrogen) atoms. The third-order valence-electron chi connectivity index (χ3n) is 3.28. The lowest BCUT2D eigenvalue weighted by molar-refractivity contribution is -0.119. The van der Waals surface area contributed by atoms with E-state index in [2.05, 4.69) is 20.1 Å². The molecule has 0 saturated heterocycles. The van der Waals surface area contributed by atoms with Crippen LogP contribution in [0.15, 0.2) is 0 Å². The van der Waals surface area contributed by atoms with Crippen molar-refractivity contribution in [3.8, 4) is 0 Å². The molecule has 1 aliphatic heterocycles. The van der Waals surface area contributed by atoms with E-state index in [9.17, 15) is 4.79 Å². The van der Waals surface area contributed by atoms with Gasteiger partial charge in [-0.15, -0.1) is 10.2 Å². The Hall–Kier alpha value is -1.43. The largest absolute Gasteiger partial charge is 0.370 e. The molecule has 1 aliphatic rings.